The maximum Gasteiger partial charge on any atom is 0.00670 e. The lowest BCUT2D eigenvalue weighted by Gasteiger charge is -2.29. The van der Waals surface area contributed by atoms with Crippen LogP contribution in [-0.2, 0) is 0 Å². The Bertz CT molecular complexity index is 147. The molecule has 0 aromatic heterocycles. The first-order valence-electron chi connectivity index (χ1n) is 6.18. The van der Waals surface area contributed by atoms with Gasteiger partial charge in [-0.1, -0.05) is 19.8 Å². The fourth-order valence-corrected chi connectivity index (χ4v) is 2.38. The van der Waals surface area contributed by atoms with Crippen LogP contribution in [0.5, 0.6) is 0 Å². The van der Waals surface area contributed by atoms with Gasteiger partial charge >= 0.3 is 0 Å². The molecule has 1 rings (SSSR count). The van der Waals surface area contributed by atoms with Crippen LogP contribution in [0.25, 0.3) is 0 Å². The molecule has 14 heavy (non-hydrogen) atoms. The van der Waals surface area contributed by atoms with Gasteiger partial charge in [-0.25, -0.2) is 0 Å². The molecule has 0 saturated carbocycles. The molecule has 0 radical (unpaired) electrons. The van der Waals surface area contributed by atoms with E-state index in [-0.39, 0.29) is 0 Å². The zero-order chi connectivity index (χ0) is 10.4. The first-order valence-corrected chi connectivity index (χ1v) is 6.18. The van der Waals surface area contributed by atoms with Crippen molar-refractivity contribution in [1.29, 1.82) is 0 Å². The molecule has 0 amide bonds. The van der Waals surface area contributed by atoms with Crippen LogP contribution in [0.2, 0.25) is 0 Å². The Labute approximate surface area is 88.8 Å². The molecule has 2 unspecified atom stereocenters. The highest BCUT2D eigenvalue weighted by molar-refractivity contribution is 4.73. The van der Waals surface area contributed by atoms with Crippen molar-refractivity contribution in [2.24, 2.45) is 11.7 Å². The Morgan fingerprint density at radius 3 is 2.86 bits per heavy atom. The average Bonchev–Trinajstić information content (AvgIpc) is 2.33. The van der Waals surface area contributed by atoms with E-state index in [1.807, 2.05) is 0 Å². The number of hydrogen-bond acceptors (Lipinski definition) is 2. The average molecular weight is 198 g/mol. The number of hydrogen-bond donors (Lipinski definition) is 1. The summed E-state index contributed by atoms with van der Waals surface area (Å²) in [5.41, 5.74) is 5.58. The minimum Gasteiger partial charge on any atom is -0.330 e. The predicted octanol–water partition coefficient (Wildman–Crippen LogP) is 2.24. The Hall–Kier alpha value is -0.0800. The highest BCUT2D eigenvalue weighted by Gasteiger charge is 2.18. The molecule has 1 aliphatic rings. The van der Waals surface area contributed by atoms with Crippen molar-refractivity contribution in [3.05, 3.63) is 0 Å². The molecule has 2 heteroatoms. The van der Waals surface area contributed by atoms with Crippen LogP contribution >= 0.6 is 0 Å². The topological polar surface area (TPSA) is 29.3 Å². The number of nitrogens with zero attached hydrogens (tertiary/aromatic N) is 1. The van der Waals surface area contributed by atoms with Crippen LogP contribution in [0.4, 0.5) is 0 Å². The summed E-state index contributed by atoms with van der Waals surface area (Å²) in [5.74, 6) is 0.764. The van der Waals surface area contributed by atoms with Crippen LogP contribution in [0.3, 0.4) is 0 Å². The third-order valence-electron chi connectivity index (χ3n) is 3.40. The van der Waals surface area contributed by atoms with E-state index >= 15 is 0 Å². The van der Waals surface area contributed by atoms with Crippen LogP contribution < -0.4 is 5.73 Å². The van der Waals surface area contributed by atoms with Crippen LogP contribution in [-0.4, -0.2) is 30.6 Å². The third-order valence-corrected chi connectivity index (χ3v) is 3.40. The third kappa shape index (κ3) is 3.97. The maximum absolute atomic E-state index is 5.58. The summed E-state index contributed by atoms with van der Waals surface area (Å²) in [6, 6.07) is 0.790. The molecule has 0 aromatic carbocycles. The summed E-state index contributed by atoms with van der Waals surface area (Å²) in [4.78, 5) is 2.66. The molecule has 0 aromatic rings. The van der Waals surface area contributed by atoms with Gasteiger partial charge in [0.1, 0.15) is 0 Å². The van der Waals surface area contributed by atoms with Crippen LogP contribution in [0.1, 0.15) is 46.0 Å². The number of rotatable bonds is 4. The van der Waals surface area contributed by atoms with Crippen molar-refractivity contribution < 1.29 is 0 Å². The maximum atomic E-state index is 5.58. The fourth-order valence-electron chi connectivity index (χ4n) is 2.38. The number of likely N-dealkylation sites (tertiary alicyclic amines) is 1. The molecule has 0 spiro atoms. The van der Waals surface area contributed by atoms with E-state index in [1.54, 1.807) is 0 Å². The molecule has 2 atom stereocenters. The zero-order valence-corrected chi connectivity index (χ0v) is 9.84. The van der Waals surface area contributed by atoms with E-state index in [0.717, 1.165) is 18.5 Å². The van der Waals surface area contributed by atoms with E-state index in [1.165, 1.54) is 45.2 Å². The van der Waals surface area contributed by atoms with Gasteiger partial charge in [0.05, 0.1) is 0 Å². The second-order valence-corrected chi connectivity index (χ2v) is 4.88. The van der Waals surface area contributed by atoms with Gasteiger partial charge in [0.2, 0.25) is 0 Å². The van der Waals surface area contributed by atoms with Crippen molar-refractivity contribution >= 4 is 0 Å². The molecular weight excluding hydrogens is 172 g/mol. The lowest BCUT2D eigenvalue weighted by molar-refractivity contribution is 0.183. The molecule has 2 nitrogen and oxygen atoms in total. The van der Waals surface area contributed by atoms with E-state index < -0.39 is 0 Å². The second kappa shape index (κ2) is 6.41. The fraction of sp³-hybridized carbons (Fsp3) is 1.00. The molecule has 84 valence electrons. The Kier molecular flexibility index (Phi) is 5.49. The van der Waals surface area contributed by atoms with E-state index in [0.29, 0.717) is 0 Å². The molecule has 0 bridgehead atoms. The minimum absolute atomic E-state index is 0.764. The van der Waals surface area contributed by atoms with Gasteiger partial charge in [0.15, 0.2) is 0 Å². The van der Waals surface area contributed by atoms with Crippen molar-refractivity contribution in [3.8, 4) is 0 Å². The van der Waals surface area contributed by atoms with Gasteiger partial charge in [-0.05, 0) is 45.2 Å². The molecule has 2 N–H and O–H groups in total. The van der Waals surface area contributed by atoms with E-state index in [9.17, 15) is 0 Å². The van der Waals surface area contributed by atoms with Crippen molar-refractivity contribution in [1.82, 2.24) is 4.90 Å². The first-order chi connectivity index (χ1) is 6.74. The smallest absolute Gasteiger partial charge is 0.00670 e. The second-order valence-electron chi connectivity index (χ2n) is 4.88. The lowest BCUT2D eigenvalue weighted by Crippen LogP contribution is -2.36. The minimum atomic E-state index is 0.764. The quantitative estimate of drug-likeness (QED) is 0.750. The number of nitrogens with two attached hydrogens (primary N) is 1. The molecular formula is C12H26N2. The highest BCUT2D eigenvalue weighted by Crippen LogP contribution is 2.18. The van der Waals surface area contributed by atoms with Crippen LogP contribution in [0, 0.1) is 5.92 Å². The molecule has 1 aliphatic heterocycles. The SMILES string of the molecule is CC(CCN)CN1CCCCCC1C. The summed E-state index contributed by atoms with van der Waals surface area (Å²) in [6.07, 6.45) is 6.79. The molecule has 1 heterocycles. The summed E-state index contributed by atoms with van der Waals surface area (Å²) >= 11 is 0. The van der Waals surface area contributed by atoms with Crippen molar-refractivity contribution in [2.45, 2.75) is 52.0 Å². The first kappa shape index (κ1) is 12.0. The Morgan fingerprint density at radius 1 is 1.36 bits per heavy atom. The Morgan fingerprint density at radius 2 is 2.14 bits per heavy atom. The molecule has 1 fully saturated rings. The molecule has 0 aliphatic carbocycles. The van der Waals surface area contributed by atoms with E-state index in [4.69, 9.17) is 5.73 Å². The summed E-state index contributed by atoms with van der Waals surface area (Å²) < 4.78 is 0. The van der Waals surface area contributed by atoms with Gasteiger partial charge in [0.25, 0.3) is 0 Å². The van der Waals surface area contributed by atoms with Gasteiger partial charge in [0, 0.05) is 12.6 Å². The van der Waals surface area contributed by atoms with Gasteiger partial charge in [-0.15, -0.1) is 0 Å². The summed E-state index contributed by atoms with van der Waals surface area (Å²) in [7, 11) is 0. The van der Waals surface area contributed by atoms with E-state index in [2.05, 4.69) is 18.7 Å². The summed E-state index contributed by atoms with van der Waals surface area (Å²) in [5, 5.41) is 0. The predicted molar refractivity (Wildman–Crippen MR) is 62.3 cm³/mol. The van der Waals surface area contributed by atoms with Gasteiger partial charge in [-0.3, -0.25) is 0 Å². The molecule has 1 saturated heterocycles. The monoisotopic (exact) mass is 198 g/mol. The van der Waals surface area contributed by atoms with Crippen molar-refractivity contribution in [2.75, 3.05) is 19.6 Å². The normalized spacial score (nSPS) is 27.2. The largest absolute Gasteiger partial charge is 0.330 e. The Balaban J connectivity index is 2.32. The van der Waals surface area contributed by atoms with Gasteiger partial charge in [-0.2, -0.15) is 0 Å². The highest BCUT2D eigenvalue weighted by atomic mass is 15.1. The zero-order valence-electron chi connectivity index (χ0n) is 9.84. The standard InChI is InChI=1S/C12H26N2/c1-11(7-8-13)10-14-9-5-3-4-6-12(14)2/h11-12H,3-10,13H2,1-2H3. The summed E-state index contributed by atoms with van der Waals surface area (Å²) in [6.45, 7) is 8.09. The van der Waals surface area contributed by atoms with Crippen LogP contribution in [0.15, 0.2) is 0 Å². The van der Waals surface area contributed by atoms with Crippen molar-refractivity contribution in [3.63, 3.8) is 0 Å². The van der Waals surface area contributed by atoms with Gasteiger partial charge < -0.3 is 10.6 Å². The lowest BCUT2D eigenvalue weighted by atomic mass is 10.1.